The summed E-state index contributed by atoms with van der Waals surface area (Å²) in [5, 5.41) is 0. The zero-order valence-corrected chi connectivity index (χ0v) is 8.95. The summed E-state index contributed by atoms with van der Waals surface area (Å²) in [5.74, 6) is -0.0879. The van der Waals surface area contributed by atoms with Crippen LogP contribution in [0.5, 0.6) is 0 Å². The summed E-state index contributed by atoms with van der Waals surface area (Å²) in [6.45, 7) is 0.465. The number of hydrogen-bond donors (Lipinski definition) is 0. The maximum Gasteiger partial charge on any atom is 0.193 e. The van der Waals surface area contributed by atoms with E-state index in [1.807, 2.05) is 0 Å². The Labute approximate surface area is 87.8 Å². The van der Waals surface area contributed by atoms with Crippen LogP contribution < -0.4 is 0 Å². The first kappa shape index (κ1) is 10.3. The average Bonchev–Trinajstić information content (AvgIpc) is 2.99. The molecule has 1 saturated heterocycles. The molecule has 1 aromatic rings. The maximum absolute atomic E-state index is 11.5. The fraction of sp³-hybridized carbons (Fsp3) is 0.300. The van der Waals surface area contributed by atoms with Crippen LogP contribution in [-0.2, 0) is 14.6 Å². The van der Waals surface area contributed by atoms with Crippen molar-refractivity contribution in [3.8, 4) is 0 Å². The smallest absolute Gasteiger partial charge is 0.193 e. The van der Waals surface area contributed by atoms with Gasteiger partial charge in [0.15, 0.2) is 15.6 Å². The first-order valence-electron chi connectivity index (χ1n) is 4.44. The molecule has 1 atom stereocenters. The third-order valence-corrected chi connectivity index (χ3v) is 3.32. The van der Waals surface area contributed by atoms with Crippen LogP contribution in [0.2, 0.25) is 0 Å². The Balaban J connectivity index is 2.27. The second kappa shape index (κ2) is 3.43. The quantitative estimate of drug-likeness (QED) is 0.561. The first-order chi connectivity index (χ1) is 6.98. The van der Waals surface area contributed by atoms with E-state index in [4.69, 9.17) is 4.74 Å². The fourth-order valence-corrected chi connectivity index (χ4v) is 1.88. The van der Waals surface area contributed by atoms with E-state index in [-0.39, 0.29) is 16.8 Å². The van der Waals surface area contributed by atoms with Crippen molar-refractivity contribution in [3.05, 3.63) is 29.8 Å². The molecule has 0 N–H and O–H groups in total. The number of carbonyl (C=O) groups is 1. The lowest BCUT2D eigenvalue weighted by Gasteiger charge is -2.00. The predicted molar refractivity (Wildman–Crippen MR) is 53.6 cm³/mol. The number of benzene rings is 1. The van der Waals surface area contributed by atoms with Crippen molar-refractivity contribution in [1.82, 2.24) is 0 Å². The van der Waals surface area contributed by atoms with Gasteiger partial charge in [0.2, 0.25) is 0 Å². The molecule has 0 radical (unpaired) electrons. The molecular weight excluding hydrogens is 216 g/mol. The van der Waals surface area contributed by atoms with Crippen molar-refractivity contribution >= 4 is 15.6 Å². The molecular formula is C10H10O4S. The molecule has 0 aromatic heterocycles. The summed E-state index contributed by atoms with van der Waals surface area (Å²) in [4.78, 5) is 11.7. The van der Waals surface area contributed by atoms with Gasteiger partial charge >= 0.3 is 0 Å². The Morgan fingerprint density at radius 1 is 1.33 bits per heavy atom. The van der Waals surface area contributed by atoms with Gasteiger partial charge in [-0.1, -0.05) is 12.1 Å². The maximum atomic E-state index is 11.5. The Kier molecular flexibility index (Phi) is 2.36. The van der Waals surface area contributed by atoms with Crippen molar-refractivity contribution in [1.29, 1.82) is 0 Å². The Hall–Kier alpha value is -1.20. The van der Waals surface area contributed by atoms with Crippen molar-refractivity contribution < 1.29 is 17.9 Å². The lowest BCUT2D eigenvalue weighted by Crippen LogP contribution is -2.07. The number of sulfone groups is 1. The van der Waals surface area contributed by atoms with E-state index in [9.17, 15) is 13.2 Å². The molecule has 0 spiro atoms. The molecule has 1 aromatic carbocycles. The van der Waals surface area contributed by atoms with Gasteiger partial charge in [0.1, 0.15) is 6.10 Å². The lowest BCUT2D eigenvalue weighted by atomic mass is 10.1. The van der Waals surface area contributed by atoms with Crippen molar-refractivity contribution in [2.24, 2.45) is 0 Å². The summed E-state index contributed by atoms with van der Waals surface area (Å²) in [6, 6.07) is 5.90. The third kappa shape index (κ3) is 2.24. The minimum Gasteiger partial charge on any atom is -0.364 e. The van der Waals surface area contributed by atoms with Crippen LogP contribution in [0.3, 0.4) is 0 Å². The van der Waals surface area contributed by atoms with Gasteiger partial charge in [-0.25, -0.2) is 8.42 Å². The first-order valence-corrected chi connectivity index (χ1v) is 6.33. The van der Waals surface area contributed by atoms with Crippen LogP contribution >= 0.6 is 0 Å². The molecule has 0 saturated carbocycles. The molecule has 80 valence electrons. The average molecular weight is 226 g/mol. The number of ether oxygens (including phenoxy) is 1. The molecule has 1 unspecified atom stereocenters. The van der Waals surface area contributed by atoms with Crippen LogP contribution in [0.25, 0.3) is 0 Å². The number of hydrogen-bond acceptors (Lipinski definition) is 4. The van der Waals surface area contributed by atoms with E-state index >= 15 is 0 Å². The van der Waals surface area contributed by atoms with Crippen LogP contribution in [0, 0.1) is 0 Å². The normalized spacial score (nSPS) is 19.9. The molecule has 0 aliphatic carbocycles. The second-order valence-electron chi connectivity index (χ2n) is 3.48. The van der Waals surface area contributed by atoms with Crippen LogP contribution in [0.15, 0.2) is 29.2 Å². The molecule has 0 bridgehead atoms. The van der Waals surface area contributed by atoms with Gasteiger partial charge < -0.3 is 4.74 Å². The number of epoxide rings is 1. The van der Waals surface area contributed by atoms with Gasteiger partial charge in [0, 0.05) is 11.8 Å². The van der Waals surface area contributed by atoms with Gasteiger partial charge in [0.25, 0.3) is 0 Å². The van der Waals surface area contributed by atoms with Crippen molar-refractivity contribution in [2.45, 2.75) is 11.0 Å². The summed E-state index contributed by atoms with van der Waals surface area (Å²) in [7, 11) is -3.19. The number of rotatable bonds is 3. The topological polar surface area (TPSA) is 63.7 Å². The van der Waals surface area contributed by atoms with E-state index in [2.05, 4.69) is 0 Å². The minimum atomic E-state index is -3.19. The van der Waals surface area contributed by atoms with Crippen molar-refractivity contribution in [2.75, 3.05) is 12.9 Å². The highest BCUT2D eigenvalue weighted by Crippen LogP contribution is 2.18. The van der Waals surface area contributed by atoms with E-state index in [1.54, 1.807) is 0 Å². The number of carbonyl (C=O) groups excluding carboxylic acids is 1. The molecule has 15 heavy (non-hydrogen) atoms. The fourth-order valence-electron chi connectivity index (χ4n) is 1.25. The summed E-state index contributed by atoms with van der Waals surface area (Å²) < 4.78 is 27.2. The zero-order chi connectivity index (χ0) is 11.1. The second-order valence-corrected chi connectivity index (χ2v) is 5.50. The van der Waals surface area contributed by atoms with Crippen molar-refractivity contribution in [3.63, 3.8) is 0 Å². The summed E-state index contributed by atoms with van der Waals surface area (Å²) in [6.07, 6.45) is 0.808. The third-order valence-electron chi connectivity index (χ3n) is 2.19. The molecule has 4 nitrogen and oxygen atoms in total. The Bertz CT molecular complexity index is 483. The van der Waals surface area contributed by atoms with E-state index in [1.165, 1.54) is 24.3 Å². The molecule has 2 rings (SSSR count). The largest absolute Gasteiger partial charge is 0.364 e. The molecule has 1 heterocycles. The number of ketones is 1. The van der Waals surface area contributed by atoms with Crippen LogP contribution in [-0.4, -0.2) is 33.2 Å². The van der Waals surface area contributed by atoms with E-state index in [0.29, 0.717) is 12.2 Å². The van der Waals surface area contributed by atoms with Crippen LogP contribution in [0.1, 0.15) is 10.4 Å². The Morgan fingerprint density at radius 3 is 2.27 bits per heavy atom. The van der Waals surface area contributed by atoms with Gasteiger partial charge in [-0.2, -0.15) is 0 Å². The van der Waals surface area contributed by atoms with Gasteiger partial charge in [-0.15, -0.1) is 0 Å². The molecule has 0 amide bonds. The highest BCUT2D eigenvalue weighted by atomic mass is 32.2. The molecule has 1 aliphatic heterocycles. The summed E-state index contributed by atoms with van der Waals surface area (Å²) >= 11 is 0. The van der Waals surface area contributed by atoms with Gasteiger partial charge in [-0.05, 0) is 12.1 Å². The summed E-state index contributed by atoms with van der Waals surface area (Å²) in [5.41, 5.74) is 0.491. The standard InChI is InChI=1S/C10H10O4S/c1-15(12,13)8-4-2-7(3-5-8)10(11)9-6-14-9/h2-5,9H,6H2,1H3. The van der Waals surface area contributed by atoms with E-state index < -0.39 is 9.84 Å². The SMILES string of the molecule is CS(=O)(=O)c1ccc(C(=O)C2CO2)cc1. The van der Waals surface area contributed by atoms with Crippen LogP contribution in [0.4, 0.5) is 0 Å². The highest BCUT2D eigenvalue weighted by Gasteiger charge is 2.31. The minimum absolute atomic E-state index is 0.0879. The molecule has 1 fully saturated rings. The highest BCUT2D eigenvalue weighted by molar-refractivity contribution is 7.90. The monoisotopic (exact) mass is 226 g/mol. The Morgan fingerprint density at radius 2 is 1.87 bits per heavy atom. The lowest BCUT2D eigenvalue weighted by molar-refractivity contribution is 0.0953. The molecule has 5 heteroatoms. The van der Waals surface area contributed by atoms with Gasteiger partial charge in [0.05, 0.1) is 11.5 Å². The zero-order valence-electron chi connectivity index (χ0n) is 8.14. The van der Waals surface area contributed by atoms with Gasteiger partial charge in [-0.3, -0.25) is 4.79 Å². The number of Topliss-reactive ketones (excluding diaryl/α,β-unsaturated/α-hetero) is 1. The predicted octanol–water partition coefficient (Wildman–Crippen LogP) is 0.672. The molecule has 1 aliphatic rings. The van der Waals surface area contributed by atoms with E-state index in [0.717, 1.165) is 6.26 Å².